The van der Waals surface area contributed by atoms with Crippen molar-refractivity contribution in [3.8, 4) is 0 Å². The van der Waals surface area contributed by atoms with Crippen LogP contribution in [-0.2, 0) is 15.8 Å². The normalized spacial score (nSPS) is 17.6. The lowest BCUT2D eigenvalue weighted by atomic mass is 9.95. The van der Waals surface area contributed by atoms with Crippen LogP contribution in [-0.4, -0.2) is 21.7 Å². The summed E-state index contributed by atoms with van der Waals surface area (Å²) in [6, 6.07) is 13.7. The number of halogens is 4. The van der Waals surface area contributed by atoms with Gasteiger partial charge in [-0.2, -0.15) is 13.2 Å². The van der Waals surface area contributed by atoms with E-state index in [0.717, 1.165) is 35.2 Å². The van der Waals surface area contributed by atoms with Crippen LogP contribution in [0.15, 0.2) is 82.8 Å². The summed E-state index contributed by atoms with van der Waals surface area (Å²) in [5, 5.41) is 21.9. The van der Waals surface area contributed by atoms with Crippen molar-refractivity contribution in [1.29, 1.82) is 0 Å². The Kier molecular flexibility index (Phi) is 6.20. The molecule has 1 aliphatic heterocycles. The molecule has 178 valence electrons. The second-order valence-electron chi connectivity index (χ2n) is 7.57. The molecule has 1 aliphatic rings. The Hall–Kier alpha value is -3.99. The van der Waals surface area contributed by atoms with Gasteiger partial charge < -0.3 is 5.11 Å². The standard InChI is InChI=1S/C24H14BrF3N2O5/c25-16-8-4-13(5-9-16)20-19(21(31)14-6-10-17(11-7-14)30(34)35)22(32)23(33)29(20)18-3-1-2-15(12-18)24(26,27)28/h1-12,20,31H/b21-19+. The van der Waals surface area contributed by atoms with Crippen LogP contribution in [0.2, 0.25) is 0 Å². The number of ketones is 1. The minimum absolute atomic E-state index is 0.0275. The monoisotopic (exact) mass is 546 g/mol. The van der Waals surface area contributed by atoms with Gasteiger partial charge in [0.05, 0.1) is 22.1 Å². The van der Waals surface area contributed by atoms with Crippen molar-refractivity contribution in [2.24, 2.45) is 0 Å². The number of rotatable bonds is 4. The third-order valence-electron chi connectivity index (χ3n) is 5.43. The topological polar surface area (TPSA) is 101 Å². The van der Waals surface area contributed by atoms with Crippen molar-refractivity contribution in [3.05, 3.63) is 110 Å². The SMILES string of the molecule is O=C1C(=O)N(c2cccc(C(F)(F)F)c2)C(c2ccc(Br)cc2)/C1=C(\O)c1ccc([N+](=O)[O-])cc1. The van der Waals surface area contributed by atoms with Crippen LogP contribution < -0.4 is 4.90 Å². The largest absolute Gasteiger partial charge is 0.507 e. The molecule has 3 aromatic carbocycles. The predicted molar refractivity (Wildman–Crippen MR) is 123 cm³/mol. The van der Waals surface area contributed by atoms with Gasteiger partial charge >= 0.3 is 6.18 Å². The fourth-order valence-electron chi connectivity index (χ4n) is 3.79. The number of benzene rings is 3. The summed E-state index contributed by atoms with van der Waals surface area (Å²) in [4.78, 5) is 37.3. The van der Waals surface area contributed by atoms with E-state index in [4.69, 9.17) is 0 Å². The molecule has 0 aromatic heterocycles. The minimum Gasteiger partial charge on any atom is -0.507 e. The number of carbonyl (C=O) groups is 2. The van der Waals surface area contributed by atoms with Gasteiger partial charge in [-0.1, -0.05) is 34.1 Å². The number of aliphatic hydroxyl groups is 1. The molecule has 35 heavy (non-hydrogen) atoms. The smallest absolute Gasteiger partial charge is 0.416 e. The molecule has 3 aromatic rings. The molecule has 0 bridgehead atoms. The summed E-state index contributed by atoms with van der Waals surface area (Å²) >= 11 is 3.28. The van der Waals surface area contributed by atoms with Crippen molar-refractivity contribution in [3.63, 3.8) is 0 Å². The minimum atomic E-state index is -4.69. The molecular weight excluding hydrogens is 533 g/mol. The molecule has 1 heterocycles. The maximum atomic E-state index is 13.3. The molecule has 1 atom stereocenters. The van der Waals surface area contributed by atoms with Gasteiger partial charge in [0.1, 0.15) is 5.76 Å². The van der Waals surface area contributed by atoms with E-state index in [1.165, 1.54) is 18.2 Å². The predicted octanol–water partition coefficient (Wildman–Crippen LogP) is 6.00. The molecular formula is C24H14BrF3N2O5. The molecule has 1 unspecified atom stereocenters. The van der Waals surface area contributed by atoms with Crippen LogP contribution in [0.3, 0.4) is 0 Å². The summed E-state index contributed by atoms with van der Waals surface area (Å²) in [6.45, 7) is 0. The number of carbonyl (C=O) groups excluding carboxylic acids is 2. The van der Waals surface area contributed by atoms with Gasteiger partial charge in [0, 0.05) is 27.9 Å². The molecule has 1 fully saturated rings. The lowest BCUT2D eigenvalue weighted by Crippen LogP contribution is -2.29. The lowest BCUT2D eigenvalue weighted by Gasteiger charge is -2.26. The van der Waals surface area contributed by atoms with Crippen molar-refractivity contribution >= 4 is 44.8 Å². The highest BCUT2D eigenvalue weighted by Crippen LogP contribution is 2.43. The van der Waals surface area contributed by atoms with E-state index in [2.05, 4.69) is 15.9 Å². The number of nitrogens with zero attached hydrogens (tertiary/aromatic N) is 2. The zero-order chi connectivity index (χ0) is 25.5. The Morgan fingerprint density at radius 1 is 1.00 bits per heavy atom. The lowest BCUT2D eigenvalue weighted by molar-refractivity contribution is -0.384. The van der Waals surface area contributed by atoms with Gasteiger partial charge in [-0.3, -0.25) is 24.6 Å². The molecule has 0 radical (unpaired) electrons. The molecule has 1 N–H and O–H groups in total. The van der Waals surface area contributed by atoms with Crippen LogP contribution in [0.1, 0.15) is 22.7 Å². The Balaban J connectivity index is 1.92. The van der Waals surface area contributed by atoms with Crippen molar-refractivity contribution in [2.45, 2.75) is 12.2 Å². The average molecular weight is 547 g/mol. The van der Waals surface area contributed by atoms with E-state index in [9.17, 15) is 38.0 Å². The fourth-order valence-corrected chi connectivity index (χ4v) is 4.05. The average Bonchev–Trinajstić information content (AvgIpc) is 3.09. The van der Waals surface area contributed by atoms with Crippen LogP contribution in [0.25, 0.3) is 5.76 Å². The number of nitro benzene ring substituents is 1. The van der Waals surface area contributed by atoms with Gasteiger partial charge in [0.15, 0.2) is 0 Å². The number of hydrogen-bond acceptors (Lipinski definition) is 5. The number of non-ortho nitro benzene ring substituents is 1. The number of Topliss-reactive ketones (excluding diaryl/α,β-unsaturated/α-hetero) is 1. The Labute approximate surface area is 204 Å². The van der Waals surface area contributed by atoms with Gasteiger partial charge in [0.2, 0.25) is 0 Å². The highest BCUT2D eigenvalue weighted by molar-refractivity contribution is 9.10. The quantitative estimate of drug-likeness (QED) is 0.142. The molecule has 4 rings (SSSR count). The maximum absolute atomic E-state index is 13.3. The number of aliphatic hydroxyl groups excluding tert-OH is 1. The van der Waals surface area contributed by atoms with Gasteiger partial charge in [-0.25, -0.2) is 0 Å². The second-order valence-corrected chi connectivity index (χ2v) is 8.49. The third-order valence-corrected chi connectivity index (χ3v) is 5.96. The molecule has 11 heteroatoms. The number of hydrogen-bond donors (Lipinski definition) is 1. The number of nitro groups is 1. The molecule has 0 aliphatic carbocycles. The summed E-state index contributed by atoms with van der Waals surface area (Å²) in [7, 11) is 0. The number of anilines is 1. The Morgan fingerprint density at radius 3 is 2.20 bits per heavy atom. The molecule has 7 nitrogen and oxygen atoms in total. The first-order valence-electron chi connectivity index (χ1n) is 9.97. The molecule has 0 saturated carbocycles. The first-order valence-corrected chi connectivity index (χ1v) is 10.8. The second kappa shape index (κ2) is 8.99. The van der Waals surface area contributed by atoms with Crippen LogP contribution in [0.4, 0.5) is 24.5 Å². The molecule has 1 amide bonds. The van der Waals surface area contributed by atoms with Crippen LogP contribution in [0, 0.1) is 10.1 Å². The summed E-state index contributed by atoms with van der Waals surface area (Å²) < 4.78 is 40.7. The van der Waals surface area contributed by atoms with E-state index < -0.39 is 40.2 Å². The van der Waals surface area contributed by atoms with Gasteiger partial charge in [-0.15, -0.1) is 0 Å². The highest BCUT2D eigenvalue weighted by atomic mass is 79.9. The van der Waals surface area contributed by atoms with Gasteiger partial charge in [0.25, 0.3) is 17.4 Å². The van der Waals surface area contributed by atoms with Gasteiger partial charge in [-0.05, 0) is 48.0 Å². The summed E-state index contributed by atoms with van der Waals surface area (Å²) in [5.41, 5.74) is -1.42. The number of alkyl halides is 3. The zero-order valence-corrected chi connectivity index (χ0v) is 19.1. The van der Waals surface area contributed by atoms with Crippen LogP contribution >= 0.6 is 15.9 Å². The highest BCUT2D eigenvalue weighted by Gasteiger charge is 2.47. The number of amides is 1. The summed E-state index contributed by atoms with van der Waals surface area (Å²) in [5.74, 6) is -2.84. The Bertz CT molecular complexity index is 1370. The molecule has 1 saturated heterocycles. The Morgan fingerprint density at radius 2 is 1.63 bits per heavy atom. The maximum Gasteiger partial charge on any atom is 0.416 e. The molecule has 0 spiro atoms. The van der Waals surface area contributed by atoms with Crippen LogP contribution in [0.5, 0.6) is 0 Å². The van der Waals surface area contributed by atoms with Crippen molar-refractivity contribution in [1.82, 2.24) is 0 Å². The van der Waals surface area contributed by atoms with E-state index >= 15 is 0 Å². The summed E-state index contributed by atoms with van der Waals surface area (Å²) in [6.07, 6.45) is -4.69. The van der Waals surface area contributed by atoms with E-state index in [1.54, 1.807) is 24.3 Å². The van der Waals surface area contributed by atoms with E-state index in [0.29, 0.717) is 10.0 Å². The third kappa shape index (κ3) is 4.54. The van der Waals surface area contributed by atoms with Crippen molar-refractivity contribution in [2.75, 3.05) is 4.90 Å². The van der Waals surface area contributed by atoms with E-state index in [-0.39, 0.29) is 22.5 Å². The first kappa shape index (κ1) is 24.1. The first-order chi connectivity index (χ1) is 16.5. The fraction of sp³-hybridized carbons (Fsp3) is 0.0833. The van der Waals surface area contributed by atoms with E-state index in [1.807, 2.05) is 0 Å². The van der Waals surface area contributed by atoms with Crippen molar-refractivity contribution < 1.29 is 32.8 Å². The zero-order valence-electron chi connectivity index (χ0n) is 17.5.